The van der Waals surface area contributed by atoms with Gasteiger partial charge in [0.15, 0.2) is 0 Å². The second kappa shape index (κ2) is 5.97. The highest BCUT2D eigenvalue weighted by Gasteiger charge is 2.28. The lowest BCUT2D eigenvalue weighted by molar-refractivity contribution is -0.0889. The summed E-state index contributed by atoms with van der Waals surface area (Å²) in [6.45, 7) is 5.02. The van der Waals surface area contributed by atoms with Crippen LogP contribution in [-0.2, 0) is 4.74 Å². The van der Waals surface area contributed by atoms with Crippen molar-refractivity contribution in [2.24, 2.45) is 0 Å². The largest absolute Gasteiger partial charge is 0.386 e. The van der Waals surface area contributed by atoms with E-state index in [9.17, 15) is 9.50 Å². The molecule has 3 nitrogen and oxygen atoms in total. The second-order valence-corrected chi connectivity index (χ2v) is 4.82. The monoisotopic (exact) mass is 273 g/mol. The molecule has 2 atom stereocenters. The molecule has 1 fully saturated rings. The van der Waals surface area contributed by atoms with E-state index in [1.165, 1.54) is 18.2 Å². The van der Waals surface area contributed by atoms with Gasteiger partial charge in [0.05, 0.1) is 6.61 Å². The van der Waals surface area contributed by atoms with E-state index < -0.39 is 11.9 Å². The standard InChI is InChI=1S/C13H17ClFNO2/c1-2-16-5-6-18-12(8-16)13(17)10-7-9(15)3-4-11(10)14/h3-4,7,12-13,17H,2,5-6,8H2,1H3. The Kier molecular flexibility index (Phi) is 4.56. The molecule has 0 saturated carbocycles. The highest BCUT2D eigenvalue weighted by molar-refractivity contribution is 6.31. The minimum Gasteiger partial charge on any atom is -0.386 e. The molecule has 1 aliphatic heterocycles. The fourth-order valence-corrected chi connectivity index (χ4v) is 2.38. The van der Waals surface area contributed by atoms with Crippen molar-refractivity contribution in [3.63, 3.8) is 0 Å². The van der Waals surface area contributed by atoms with Crippen LogP contribution in [0.15, 0.2) is 18.2 Å². The van der Waals surface area contributed by atoms with Crippen molar-refractivity contribution in [2.45, 2.75) is 19.1 Å². The molecule has 1 saturated heterocycles. The number of aliphatic hydroxyl groups excluding tert-OH is 1. The number of likely N-dealkylation sites (N-methyl/N-ethyl adjacent to an activating group) is 1. The van der Waals surface area contributed by atoms with Gasteiger partial charge in [0.2, 0.25) is 0 Å². The third-order valence-corrected chi connectivity index (χ3v) is 3.60. The van der Waals surface area contributed by atoms with E-state index in [0.29, 0.717) is 23.7 Å². The summed E-state index contributed by atoms with van der Waals surface area (Å²) < 4.78 is 18.7. The van der Waals surface area contributed by atoms with Gasteiger partial charge in [-0.1, -0.05) is 18.5 Å². The van der Waals surface area contributed by atoms with Gasteiger partial charge in [-0.3, -0.25) is 4.90 Å². The van der Waals surface area contributed by atoms with Gasteiger partial charge in [-0.25, -0.2) is 4.39 Å². The van der Waals surface area contributed by atoms with Crippen molar-refractivity contribution in [1.29, 1.82) is 0 Å². The van der Waals surface area contributed by atoms with E-state index in [2.05, 4.69) is 11.8 Å². The third-order valence-electron chi connectivity index (χ3n) is 3.25. The van der Waals surface area contributed by atoms with Crippen molar-refractivity contribution in [3.8, 4) is 0 Å². The van der Waals surface area contributed by atoms with Crippen LogP contribution in [0.2, 0.25) is 5.02 Å². The Morgan fingerprint density at radius 1 is 1.61 bits per heavy atom. The molecular formula is C13H17ClFNO2. The Hall–Kier alpha value is -0.680. The highest BCUT2D eigenvalue weighted by atomic mass is 35.5. The first kappa shape index (κ1) is 13.7. The predicted octanol–water partition coefficient (Wildman–Crippen LogP) is 2.23. The summed E-state index contributed by atoms with van der Waals surface area (Å²) in [5.41, 5.74) is 0.389. The molecule has 0 spiro atoms. The molecule has 0 aromatic heterocycles. The fourth-order valence-electron chi connectivity index (χ4n) is 2.15. The summed E-state index contributed by atoms with van der Waals surface area (Å²) in [5.74, 6) is -0.406. The van der Waals surface area contributed by atoms with E-state index in [-0.39, 0.29) is 6.10 Å². The number of nitrogens with zero attached hydrogens (tertiary/aromatic N) is 1. The van der Waals surface area contributed by atoms with E-state index in [1.54, 1.807) is 0 Å². The Morgan fingerprint density at radius 2 is 2.39 bits per heavy atom. The van der Waals surface area contributed by atoms with E-state index in [1.807, 2.05) is 0 Å². The third kappa shape index (κ3) is 3.01. The van der Waals surface area contributed by atoms with E-state index in [0.717, 1.165) is 13.1 Å². The molecule has 1 aromatic carbocycles. The number of benzene rings is 1. The van der Waals surface area contributed by atoms with Gasteiger partial charge in [0.25, 0.3) is 0 Å². The Morgan fingerprint density at radius 3 is 3.11 bits per heavy atom. The Balaban J connectivity index is 2.14. The van der Waals surface area contributed by atoms with E-state index >= 15 is 0 Å². The van der Waals surface area contributed by atoms with Crippen LogP contribution >= 0.6 is 11.6 Å². The molecule has 2 unspecified atom stereocenters. The van der Waals surface area contributed by atoms with Crippen LogP contribution in [0, 0.1) is 5.82 Å². The van der Waals surface area contributed by atoms with Crippen molar-refractivity contribution in [1.82, 2.24) is 4.90 Å². The van der Waals surface area contributed by atoms with Gasteiger partial charge >= 0.3 is 0 Å². The lowest BCUT2D eigenvalue weighted by Crippen LogP contribution is -2.44. The number of aliphatic hydroxyl groups is 1. The van der Waals surface area contributed by atoms with Gasteiger partial charge in [-0.2, -0.15) is 0 Å². The molecule has 2 rings (SSSR count). The minimum atomic E-state index is -0.900. The molecule has 5 heteroatoms. The normalized spacial score (nSPS) is 23.0. The van der Waals surface area contributed by atoms with Gasteiger partial charge < -0.3 is 9.84 Å². The molecule has 1 aromatic rings. The van der Waals surface area contributed by atoms with Crippen LogP contribution in [0.3, 0.4) is 0 Å². The first-order valence-electron chi connectivity index (χ1n) is 6.08. The van der Waals surface area contributed by atoms with Gasteiger partial charge in [0.1, 0.15) is 18.0 Å². The number of ether oxygens (including phenoxy) is 1. The smallest absolute Gasteiger partial charge is 0.123 e. The number of morpholine rings is 1. The lowest BCUT2D eigenvalue weighted by Gasteiger charge is -2.34. The van der Waals surface area contributed by atoms with Crippen LogP contribution < -0.4 is 0 Å². The average molecular weight is 274 g/mol. The van der Waals surface area contributed by atoms with Crippen LogP contribution in [0.5, 0.6) is 0 Å². The Bertz CT molecular complexity index is 416. The Labute approximate surface area is 111 Å². The number of rotatable bonds is 3. The SMILES string of the molecule is CCN1CCOC(C(O)c2cc(F)ccc2Cl)C1. The zero-order valence-corrected chi connectivity index (χ0v) is 11.0. The van der Waals surface area contributed by atoms with Crippen molar-refractivity contribution >= 4 is 11.6 Å². The maximum absolute atomic E-state index is 13.2. The maximum Gasteiger partial charge on any atom is 0.123 e. The van der Waals surface area contributed by atoms with Gasteiger partial charge in [-0.05, 0) is 24.7 Å². The molecule has 0 bridgehead atoms. The minimum absolute atomic E-state index is 0.362. The fraction of sp³-hybridized carbons (Fsp3) is 0.538. The van der Waals surface area contributed by atoms with Crippen molar-refractivity contribution < 1.29 is 14.2 Å². The summed E-state index contributed by atoms with van der Waals surface area (Å²) in [4.78, 5) is 2.19. The number of hydrogen-bond donors (Lipinski definition) is 1. The lowest BCUT2D eigenvalue weighted by atomic mass is 10.0. The average Bonchev–Trinajstić information content (AvgIpc) is 2.41. The number of halogens is 2. The summed E-state index contributed by atoms with van der Waals surface area (Å²) in [6, 6.07) is 4.00. The van der Waals surface area contributed by atoms with Crippen LogP contribution in [0.1, 0.15) is 18.6 Å². The van der Waals surface area contributed by atoms with Crippen LogP contribution in [-0.4, -0.2) is 42.4 Å². The molecule has 0 aliphatic carbocycles. The summed E-state index contributed by atoms with van der Waals surface area (Å²) >= 11 is 5.98. The summed E-state index contributed by atoms with van der Waals surface area (Å²) in [7, 11) is 0. The van der Waals surface area contributed by atoms with Crippen molar-refractivity contribution in [2.75, 3.05) is 26.2 Å². The van der Waals surface area contributed by atoms with Gasteiger partial charge in [-0.15, -0.1) is 0 Å². The molecule has 1 heterocycles. The zero-order chi connectivity index (χ0) is 13.1. The summed E-state index contributed by atoms with van der Waals surface area (Å²) in [6.07, 6.45) is -1.26. The maximum atomic E-state index is 13.2. The molecule has 1 aliphatic rings. The summed E-state index contributed by atoms with van der Waals surface area (Å²) in [5, 5.41) is 10.6. The molecule has 0 radical (unpaired) electrons. The van der Waals surface area contributed by atoms with Crippen LogP contribution in [0.25, 0.3) is 0 Å². The molecular weight excluding hydrogens is 257 g/mol. The quantitative estimate of drug-likeness (QED) is 0.917. The second-order valence-electron chi connectivity index (χ2n) is 4.41. The first-order chi connectivity index (χ1) is 8.61. The molecule has 0 amide bonds. The predicted molar refractivity (Wildman–Crippen MR) is 68.2 cm³/mol. The van der Waals surface area contributed by atoms with E-state index in [4.69, 9.17) is 16.3 Å². The van der Waals surface area contributed by atoms with Gasteiger partial charge in [0, 0.05) is 23.7 Å². The molecule has 1 N–H and O–H groups in total. The highest BCUT2D eigenvalue weighted by Crippen LogP contribution is 2.28. The van der Waals surface area contributed by atoms with Crippen molar-refractivity contribution in [3.05, 3.63) is 34.6 Å². The molecule has 100 valence electrons. The van der Waals surface area contributed by atoms with Crippen LogP contribution in [0.4, 0.5) is 4.39 Å². The first-order valence-corrected chi connectivity index (χ1v) is 6.46. The molecule has 18 heavy (non-hydrogen) atoms. The number of hydrogen-bond acceptors (Lipinski definition) is 3. The zero-order valence-electron chi connectivity index (χ0n) is 10.3. The topological polar surface area (TPSA) is 32.7 Å².